The monoisotopic (exact) mass is 395 g/mol. The molecule has 0 saturated heterocycles. The fourth-order valence-corrected chi connectivity index (χ4v) is 4.32. The van der Waals surface area contributed by atoms with Crippen molar-refractivity contribution < 1.29 is 0 Å². The van der Waals surface area contributed by atoms with E-state index in [0.29, 0.717) is 12.2 Å². The van der Waals surface area contributed by atoms with E-state index in [2.05, 4.69) is 27.8 Å². The molecule has 1 aliphatic rings. The van der Waals surface area contributed by atoms with Crippen LogP contribution in [-0.4, -0.2) is 19.6 Å². The van der Waals surface area contributed by atoms with Crippen molar-refractivity contribution in [2.75, 3.05) is 5.32 Å². The third-order valence-corrected chi connectivity index (χ3v) is 5.97. The number of nitrogens with one attached hydrogen (secondary N) is 1. The van der Waals surface area contributed by atoms with Gasteiger partial charge in [0.25, 0.3) is 5.78 Å². The number of nitrogens with zero attached hydrogens (tertiary/aromatic N) is 4. The van der Waals surface area contributed by atoms with Gasteiger partial charge in [0.2, 0.25) is 0 Å². The van der Waals surface area contributed by atoms with Crippen LogP contribution in [0.1, 0.15) is 33.9 Å². The third-order valence-electron chi connectivity index (χ3n) is 4.84. The van der Waals surface area contributed by atoms with Crippen molar-refractivity contribution in [2.24, 2.45) is 0 Å². The molecule has 5 rings (SSSR count). The lowest BCUT2D eigenvalue weighted by molar-refractivity contribution is 0.872. The Morgan fingerprint density at radius 2 is 2.00 bits per heavy atom. The first-order chi connectivity index (χ1) is 13.3. The predicted molar refractivity (Wildman–Crippen MR) is 109 cm³/mol. The van der Waals surface area contributed by atoms with Crippen LogP contribution in [0.15, 0.2) is 41.8 Å². The van der Waals surface area contributed by atoms with Gasteiger partial charge in [-0.15, -0.1) is 16.4 Å². The van der Waals surface area contributed by atoms with Gasteiger partial charge in [-0.1, -0.05) is 29.8 Å². The highest BCUT2D eigenvalue weighted by Crippen LogP contribution is 2.29. The highest BCUT2D eigenvalue weighted by atomic mass is 35.5. The fraction of sp³-hybridized carbons (Fsp3) is 0.250. The summed E-state index contributed by atoms with van der Waals surface area (Å²) in [5, 5.41) is 11.2. The Morgan fingerprint density at radius 1 is 1.11 bits per heavy atom. The van der Waals surface area contributed by atoms with Gasteiger partial charge in [0.05, 0.1) is 12.2 Å². The smallest absolute Gasteiger partial charge is 0.254 e. The maximum absolute atomic E-state index is 5.98. The molecule has 3 aromatic heterocycles. The molecule has 1 aliphatic carbocycles. The first kappa shape index (κ1) is 16.7. The maximum Gasteiger partial charge on any atom is 0.254 e. The molecule has 0 aliphatic heterocycles. The number of hydrogen-bond donors (Lipinski definition) is 1. The number of anilines is 1. The van der Waals surface area contributed by atoms with Crippen LogP contribution in [0.3, 0.4) is 0 Å². The summed E-state index contributed by atoms with van der Waals surface area (Å²) < 4.78 is 1.88. The lowest BCUT2D eigenvalue weighted by Gasteiger charge is -2.11. The van der Waals surface area contributed by atoms with Crippen LogP contribution in [0.25, 0.3) is 5.78 Å². The minimum absolute atomic E-state index is 0.662. The van der Waals surface area contributed by atoms with E-state index in [1.54, 1.807) is 11.3 Å². The van der Waals surface area contributed by atoms with Crippen molar-refractivity contribution in [3.8, 4) is 0 Å². The van der Waals surface area contributed by atoms with Crippen molar-refractivity contribution in [3.05, 3.63) is 74.3 Å². The Labute approximate surface area is 166 Å². The Hall–Kier alpha value is -2.44. The van der Waals surface area contributed by atoms with E-state index in [0.717, 1.165) is 53.7 Å². The molecule has 4 aromatic rings. The van der Waals surface area contributed by atoms with Gasteiger partial charge in [0, 0.05) is 21.9 Å². The van der Waals surface area contributed by atoms with Crippen LogP contribution in [-0.2, 0) is 25.8 Å². The molecule has 0 amide bonds. The number of hydrogen-bond acceptors (Lipinski definition) is 5. The van der Waals surface area contributed by atoms with Gasteiger partial charge in [0.1, 0.15) is 5.82 Å². The molecule has 1 aromatic carbocycles. The quantitative estimate of drug-likeness (QED) is 0.539. The summed E-state index contributed by atoms with van der Waals surface area (Å²) in [6.07, 6.45) is 3.85. The van der Waals surface area contributed by atoms with Crippen molar-refractivity contribution >= 4 is 34.5 Å². The highest BCUT2D eigenvalue weighted by molar-refractivity contribution is 7.09. The molecular formula is C20H18ClN5S. The second kappa shape index (κ2) is 6.94. The first-order valence-corrected chi connectivity index (χ1v) is 10.3. The topological polar surface area (TPSA) is 55.1 Å². The number of thiophene rings is 1. The molecule has 1 N–H and O–H groups in total. The van der Waals surface area contributed by atoms with Gasteiger partial charge >= 0.3 is 0 Å². The van der Waals surface area contributed by atoms with Crippen LogP contribution in [0.4, 0.5) is 5.82 Å². The van der Waals surface area contributed by atoms with Crippen molar-refractivity contribution in [3.63, 3.8) is 0 Å². The van der Waals surface area contributed by atoms with Gasteiger partial charge in [0.15, 0.2) is 5.82 Å². The zero-order valence-electron chi connectivity index (χ0n) is 14.7. The molecule has 0 fully saturated rings. The van der Waals surface area contributed by atoms with Gasteiger partial charge in [-0.05, 0) is 48.4 Å². The van der Waals surface area contributed by atoms with E-state index in [1.165, 1.54) is 10.4 Å². The molecule has 3 heterocycles. The average Bonchev–Trinajstić information content (AvgIpc) is 3.41. The molecule has 27 heavy (non-hydrogen) atoms. The van der Waals surface area contributed by atoms with E-state index in [-0.39, 0.29) is 0 Å². The molecule has 0 saturated carbocycles. The Morgan fingerprint density at radius 3 is 2.81 bits per heavy atom. The lowest BCUT2D eigenvalue weighted by atomic mass is 10.1. The lowest BCUT2D eigenvalue weighted by Crippen LogP contribution is -2.09. The van der Waals surface area contributed by atoms with Crippen molar-refractivity contribution in [2.45, 2.75) is 32.2 Å². The maximum atomic E-state index is 5.98. The summed E-state index contributed by atoms with van der Waals surface area (Å²) in [5.41, 5.74) is 3.57. The number of aryl methyl sites for hydroxylation is 1. The standard InChI is InChI=1S/C20H18ClN5S/c21-14-8-6-13(7-9-14)11-18-24-20-23-17-5-1-4-16(17)19(26(20)25-18)22-12-15-3-2-10-27-15/h2-3,6-10,22H,1,4-5,11-12H2. The molecule has 0 bridgehead atoms. The first-order valence-electron chi connectivity index (χ1n) is 9.04. The van der Waals surface area contributed by atoms with E-state index in [4.69, 9.17) is 21.7 Å². The van der Waals surface area contributed by atoms with Crippen LogP contribution in [0.5, 0.6) is 0 Å². The fourth-order valence-electron chi connectivity index (χ4n) is 3.55. The number of fused-ring (bicyclic) bond motifs is 2. The largest absolute Gasteiger partial charge is 0.365 e. The van der Waals surface area contributed by atoms with Gasteiger partial charge in [-0.25, -0.2) is 4.98 Å². The molecular weight excluding hydrogens is 378 g/mol. The second-order valence-electron chi connectivity index (χ2n) is 6.72. The van der Waals surface area contributed by atoms with Gasteiger partial charge in [-0.2, -0.15) is 9.50 Å². The van der Waals surface area contributed by atoms with E-state index in [9.17, 15) is 0 Å². The molecule has 0 atom stereocenters. The Balaban J connectivity index is 1.51. The number of halogens is 1. The normalized spacial score (nSPS) is 13.2. The highest BCUT2D eigenvalue weighted by Gasteiger charge is 2.22. The van der Waals surface area contributed by atoms with Gasteiger partial charge in [-0.3, -0.25) is 0 Å². The van der Waals surface area contributed by atoms with Crippen LogP contribution in [0.2, 0.25) is 5.02 Å². The Bertz CT molecular complexity index is 1090. The third kappa shape index (κ3) is 3.31. The molecule has 0 radical (unpaired) electrons. The summed E-state index contributed by atoms with van der Waals surface area (Å²) >= 11 is 7.74. The molecule has 7 heteroatoms. The van der Waals surface area contributed by atoms with Crippen LogP contribution >= 0.6 is 22.9 Å². The minimum Gasteiger partial charge on any atom is -0.365 e. The zero-order valence-corrected chi connectivity index (χ0v) is 16.2. The summed E-state index contributed by atoms with van der Waals surface area (Å²) in [4.78, 5) is 10.8. The summed E-state index contributed by atoms with van der Waals surface area (Å²) in [6, 6.07) is 12.0. The zero-order chi connectivity index (χ0) is 18.2. The summed E-state index contributed by atoms with van der Waals surface area (Å²) in [5.74, 6) is 2.48. The Kier molecular flexibility index (Phi) is 4.30. The van der Waals surface area contributed by atoms with Crippen molar-refractivity contribution in [1.82, 2.24) is 19.6 Å². The SMILES string of the molecule is Clc1ccc(Cc2nc3nc4c(c(NCc5cccs5)n3n2)CCC4)cc1. The van der Waals surface area contributed by atoms with E-state index < -0.39 is 0 Å². The van der Waals surface area contributed by atoms with E-state index >= 15 is 0 Å². The summed E-state index contributed by atoms with van der Waals surface area (Å²) in [7, 11) is 0. The van der Waals surface area contributed by atoms with Crippen LogP contribution in [0, 0.1) is 0 Å². The molecule has 5 nitrogen and oxygen atoms in total. The van der Waals surface area contributed by atoms with E-state index in [1.807, 2.05) is 28.8 Å². The summed E-state index contributed by atoms with van der Waals surface area (Å²) in [6.45, 7) is 0.787. The minimum atomic E-state index is 0.662. The second-order valence-corrected chi connectivity index (χ2v) is 8.18. The predicted octanol–water partition coefficient (Wildman–Crippen LogP) is 4.53. The molecule has 0 spiro atoms. The number of aromatic nitrogens is 4. The average molecular weight is 396 g/mol. The van der Waals surface area contributed by atoms with Crippen molar-refractivity contribution in [1.29, 1.82) is 0 Å². The van der Waals surface area contributed by atoms with Gasteiger partial charge < -0.3 is 5.32 Å². The van der Waals surface area contributed by atoms with Crippen LogP contribution < -0.4 is 5.32 Å². The number of rotatable bonds is 5. The molecule has 136 valence electrons. The molecule has 0 unspecified atom stereocenters. The number of benzene rings is 1.